The van der Waals surface area contributed by atoms with E-state index in [9.17, 15) is 4.79 Å². The molecule has 2 heterocycles. The molecule has 0 aliphatic rings. The molecule has 0 fully saturated rings. The number of fused-ring (bicyclic) bond motifs is 1. The molecule has 1 N–H and O–H groups in total. The van der Waals surface area contributed by atoms with Crippen molar-refractivity contribution < 1.29 is 4.79 Å². The van der Waals surface area contributed by atoms with Crippen molar-refractivity contribution in [1.82, 2.24) is 9.97 Å². The maximum absolute atomic E-state index is 12.1. The topological polar surface area (TPSA) is 54.9 Å². The second kappa shape index (κ2) is 4.95. The van der Waals surface area contributed by atoms with Gasteiger partial charge in [-0.1, -0.05) is 29.8 Å². The fourth-order valence-corrected chi connectivity index (χ4v) is 2.75. The monoisotopic (exact) mass is 289 g/mol. The summed E-state index contributed by atoms with van der Waals surface area (Å²) in [6.07, 6.45) is 1.50. The van der Waals surface area contributed by atoms with Crippen molar-refractivity contribution in [2.45, 2.75) is 0 Å². The van der Waals surface area contributed by atoms with Crippen molar-refractivity contribution in [3.8, 4) is 0 Å². The number of anilines is 1. The molecule has 0 saturated heterocycles. The summed E-state index contributed by atoms with van der Waals surface area (Å²) in [4.78, 5) is 20.5. The van der Waals surface area contributed by atoms with E-state index in [0.29, 0.717) is 10.0 Å². The molecule has 0 saturated carbocycles. The Balaban J connectivity index is 1.87. The van der Waals surface area contributed by atoms with E-state index in [4.69, 9.17) is 11.6 Å². The molecular formula is C13H8ClN3OS. The van der Waals surface area contributed by atoms with Gasteiger partial charge in [0.1, 0.15) is 5.15 Å². The highest BCUT2D eigenvalue weighted by Gasteiger charge is 2.11. The Bertz CT molecular complexity index is 723. The van der Waals surface area contributed by atoms with Gasteiger partial charge in [0.25, 0.3) is 5.91 Å². The van der Waals surface area contributed by atoms with Crippen LogP contribution in [0.5, 0.6) is 0 Å². The van der Waals surface area contributed by atoms with Crippen LogP contribution in [0, 0.1) is 0 Å². The van der Waals surface area contributed by atoms with Crippen LogP contribution in [0.15, 0.2) is 42.6 Å². The van der Waals surface area contributed by atoms with Crippen LogP contribution in [0.4, 0.5) is 5.95 Å². The number of halogens is 1. The summed E-state index contributed by atoms with van der Waals surface area (Å²) in [6.45, 7) is 0. The summed E-state index contributed by atoms with van der Waals surface area (Å²) < 4.78 is 1.07. The summed E-state index contributed by atoms with van der Waals surface area (Å²) >= 11 is 7.17. The molecule has 6 heteroatoms. The van der Waals surface area contributed by atoms with Crippen LogP contribution in [0.25, 0.3) is 10.1 Å². The molecule has 0 unspecified atom stereocenters. The van der Waals surface area contributed by atoms with Gasteiger partial charge in [0, 0.05) is 10.9 Å². The molecule has 0 atom stereocenters. The highest BCUT2D eigenvalue weighted by molar-refractivity contribution is 7.20. The van der Waals surface area contributed by atoms with Crippen LogP contribution >= 0.6 is 22.9 Å². The molecule has 0 radical (unpaired) electrons. The number of nitrogens with zero attached hydrogens (tertiary/aromatic N) is 2. The van der Waals surface area contributed by atoms with E-state index >= 15 is 0 Å². The van der Waals surface area contributed by atoms with Crippen molar-refractivity contribution >= 4 is 44.9 Å². The van der Waals surface area contributed by atoms with Crippen LogP contribution in [0.3, 0.4) is 0 Å². The van der Waals surface area contributed by atoms with Crippen molar-refractivity contribution in [1.29, 1.82) is 0 Å². The SMILES string of the molecule is O=C(Nc1nccc(Cl)n1)c1cc2ccccc2s1. The number of benzene rings is 1. The lowest BCUT2D eigenvalue weighted by atomic mass is 10.2. The lowest BCUT2D eigenvalue weighted by Gasteiger charge is -2.00. The molecule has 3 aromatic rings. The van der Waals surface area contributed by atoms with Gasteiger partial charge in [-0.25, -0.2) is 9.97 Å². The number of nitrogens with one attached hydrogen (secondary N) is 1. The zero-order valence-electron chi connectivity index (χ0n) is 9.63. The number of aromatic nitrogens is 2. The van der Waals surface area contributed by atoms with Crippen LogP contribution in [-0.2, 0) is 0 Å². The number of carbonyl (C=O) groups excluding carboxylic acids is 1. The number of hydrogen-bond donors (Lipinski definition) is 1. The first-order chi connectivity index (χ1) is 9.22. The van der Waals surface area contributed by atoms with Gasteiger partial charge in [0.2, 0.25) is 5.95 Å². The van der Waals surface area contributed by atoms with Gasteiger partial charge in [0.05, 0.1) is 4.88 Å². The minimum Gasteiger partial charge on any atom is -0.290 e. The highest BCUT2D eigenvalue weighted by atomic mass is 35.5. The number of thiophene rings is 1. The third-order valence-electron chi connectivity index (χ3n) is 2.50. The first kappa shape index (κ1) is 12.1. The van der Waals surface area contributed by atoms with Crippen LogP contribution < -0.4 is 5.32 Å². The average Bonchev–Trinajstić information content (AvgIpc) is 2.82. The molecule has 4 nitrogen and oxygen atoms in total. The van der Waals surface area contributed by atoms with Gasteiger partial charge < -0.3 is 0 Å². The third kappa shape index (κ3) is 2.57. The van der Waals surface area contributed by atoms with Gasteiger partial charge in [-0.05, 0) is 23.6 Å². The summed E-state index contributed by atoms with van der Waals surface area (Å²) in [5.74, 6) is -0.0292. The van der Waals surface area contributed by atoms with Crippen molar-refractivity contribution in [3.05, 3.63) is 52.6 Å². The molecule has 19 heavy (non-hydrogen) atoms. The van der Waals surface area contributed by atoms with E-state index in [1.807, 2.05) is 30.3 Å². The maximum atomic E-state index is 12.1. The Hall–Kier alpha value is -1.98. The van der Waals surface area contributed by atoms with Gasteiger partial charge >= 0.3 is 0 Å². The van der Waals surface area contributed by atoms with E-state index in [2.05, 4.69) is 15.3 Å². The molecular weight excluding hydrogens is 282 g/mol. The summed E-state index contributed by atoms with van der Waals surface area (Å²) in [6, 6.07) is 11.2. The zero-order valence-corrected chi connectivity index (χ0v) is 11.2. The smallest absolute Gasteiger partial charge is 0.268 e. The van der Waals surface area contributed by atoms with E-state index in [1.54, 1.807) is 6.07 Å². The Morgan fingerprint density at radius 2 is 2.11 bits per heavy atom. The van der Waals surface area contributed by atoms with E-state index < -0.39 is 0 Å². The van der Waals surface area contributed by atoms with Gasteiger partial charge in [0.15, 0.2) is 0 Å². The second-order valence-electron chi connectivity index (χ2n) is 3.81. The summed E-state index contributed by atoms with van der Waals surface area (Å²) in [5.41, 5.74) is 0. The molecule has 0 bridgehead atoms. The maximum Gasteiger partial charge on any atom is 0.268 e. The number of amides is 1. The van der Waals surface area contributed by atoms with Crippen molar-refractivity contribution in [2.75, 3.05) is 5.32 Å². The summed E-state index contributed by atoms with van der Waals surface area (Å²) in [5, 5.41) is 3.96. The molecule has 0 spiro atoms. The molecule has 0 aliphatic carbocycles. The van der Waals surface area contributed by atoms with Crippen LogP contribution in [-0.4, -0.2) is 15.9 Å². The minimum absolute atomic E-state index is 0.204. The second-order valence-corrected chi connectivity index (χ2v) is 5.28. The highest BCUT2D eigenvalue weighted by Crippen LogP contribution is 2.25. The number of carbonyl (C=O) groups is 1. The first-order valence-corrected chi connectivity index (χ1v) is 6.70. The lowest BCUT2D eigenvalue weighted by Crippen LogP contribution is -2.12. The van der Waals surface area contributed by atoms with Crippen LogP contribution in [0.2, 0.25) is 5.15 Å². The van der Waals surface area contributed by atoms with E-state index in [0.717, 1.165) is 10.1 Å². The minimum atomic E-state index is -0.233. The van der Waals surface area contributed by atoms with Gasteiger partial charge in [-0.3, -0.25) is 10.1 Å². The van der Waals surface area contributed by atoms with Crippen molar-refractivity contribution in [3.63, 3.8) is 0 Å². The molecule has 0 aliphatic heterocycles. The predicted octanol–water partition coefficient (Wildman–Crippen LogP) is 3.60. The fourth-order valence-electron chi connectivity index (χ4n) is 1.65. The molecule has 3 rings (SSSR count). The Morgan fingerprint density at radius 3 is 2.89 bits per heavy atom. The quantitative estimate of drug-likeness (QED) is 0.733. The Morgan fingerprint density at radius 1 is 1.26 bits per heavy atom. The van der Waals surface area contributed by atoms with Crippen LogP contribution in [0.1, 0.15) is 9.67 Å². The standard InChI is InChI=1S/C13H8ClN3OS/c14-11-5-6-15-13(16-11)17-12(18)10-7-8-3-1-2-4-9(8)19-10/h1-7H,(H,15,16,17,18). The number of rotatable bonds is 2. The molecule has 94 valence electrons. The number of hydrogen-bond acceptors (Lipinski definition) is 4. The Kier molecular flexibility index (Phi) is 3.15. The lowest BCUT2D eigenvalue weighted by molar-refractivity contribution is 0.103. The fraction of sp³-hybridized carbons (Fsp3) is 0. The predicted molar refractivity (Wildman–Crippen MR) is 76.8 cm³/mol. The third-order valence-corrected chi connectivity index (χ3v) is 3.82. The molecule has 1 amide bonds. The van der Waals surface area contributed by atoms with Crippen molar-refractivity contribution in [2.24, 2.45) is 0 Å². The Labute approximate surface area is 118 Å². The van der Waals surface area contributed by atoms with Gasteiger partial charge in [-0.2, -0.15) is 0 Å². The normalized spacial score (nSPS) is 10.6. The first-order valence-electron chi connectivity index (χ1n) is 5.51. The van der Waals surface area contributed by atoms with E-state index in [-0.39, 0.29) is 11.9 Å². The van der Waals surface area contributed by atoms with Gasteiger partial charge in [-0.15, -0.1) is 11.3 Å². The average molecular weight is 290 g/mol. The zero-order chi connectivity index (χ0) is 13.2. The van der Waals surface area contributed by atoms with E-state index in [1.165, 1.54) is 17.5 Å². The largest absolute Gasteiger partial charge is 0.290 e. The summed E-state index contributed by atoms with van der Waals surface area (Å²) in [7, 11) is 0. The molecule has 2 aromatic heterocycles. The molecule has 1 aromatic carbocycles.